The van der Waals surface area contributed by atoms with Gasteiger partial charge in [0.2, 0.25) is 5.91 Å². The number of benzene rings is 1. The number of thioether (sulfide) groups is 1. The molecule has 0 heterocycles. The van der Waals surface area contributed by atoms with E-state index in [2.05, 4.69) is 5.32 Å². The first-order valence-electron chi connectivity index (χ1n) is 5.88. The molecule has 0 aromatic heterocycles. The molecule has 0 radical (unpaired) electrons. The van der Waals surface area contributed by atoms with Crippen molar-refractivity contribution in [2.75, 3.05) is 12.0 Å². The minimum Gasteiger partial charge on any atom is -0.480 e. The average Bonchev–Trinajstić information content (AvgIpc) is 2.42. The number of carbonyl (C=O) groups excluding carboxylic acids is 2. The van der Waals surface area contributed by atoms with Crippen molar-refractivity contribution in [3.8, 4) is 0 Å². The highest BCUT2D eigenvalue weighted by Crippen LogP contribution is 2.07. The van der Waals surface area contributed by atoms with E-state index in [-0.39, 0.29) is 11.1 Å². The molecule has 0 spiro atoms. The fourth-order valence-corrected chi connectivity index (χ4v) is 2.02. The molecule has 108 valence electrons. The third kappa shape index (κ3) is 4.58. The largest absolute Gasteiger partial charge is 0.480 e. The summed E-state index contributed by atoms with van der Waals surface area (Å²) in [6.45, 7) is 0. The van der Waals surface area contributed by atoms with E-state index >= 15 is 0 Å². The number of hydrogen-bond acceptors (Lipinski definition) is 4. The minimum atomic E-state index is -1.08. The molecule has 0 aliphatic rings. The van der Waals surface area contributed by atoms with Crippen LogP contribution >= 0.6 is 11.8 Å². The quantitative estimate of drug-likeness (QED) is 0.687. The maximum absolute atomic E-state index is 12.0. The second kappa shape index (κ2) is 7.54. The highest BCUT2D eigenvalue weighted by Gasteiger charge is 2.20. The van der Waals surface area contributed by atoms with Gasteiger partial charge in [-0.25, -0.2) is 4.79 Å². The lowest BCUT2D eigenvalue weighted by Gasteiger charge is -2.14. The van der Waals surface area contributed by atoms with Crippen LogP contribution in [0.1, 0.15) is 27.1 Å². The lowest BCUT2D eigenvalue weighted by atomic mass is 10.1. The Kier molecular flexibility index (Phi) is 6.05. The maximum Gasteiger partial charge on any atom is 0.326 e. The Morgan fingerprint density at radius 3 is 2.55 bits per heavy atom. The van der Waals surface area contributed by atoms with Gasteiger partial charge in [-0.1, -0.05) is 6.07 Å². The van der Waals surface area contributed by atoms with Gasteiger partial charge in [-0.3, -0.25) is 9.59 Å². The van der Waals surface area contributed by atoms with E-state index in [1.54, 1.807) is 0 Å². The van der Waals surface area contributed by atoms with Gasteiger partial charge in [0.15, 0.2) is 0 Å². The summed E-state index contributed by atoms with van der Waals surface area (Å²) in [6, 6.07) is 4.89. The summed E-state index contributed by atoms with van der Waals surface area (Å²) in [5.41, 5.74) is 5.54. The monoisotopic (exact) mass is 296 g/mol. The number of primary amides is 1. The maximum atomic E-state index is 12.0. The molecule has 0 saturated heterocycles. The lowest BCUT2D eigenvalue weighted by molar-refractivity contribution is -0.139. The van der Waals surface area contributed by atoms with Crippen LogP contribution in [-0.4, -0.2) is 40.9 Å². The Morgan fingerprint density at radius 2 is 2.00 bits per heavy atom. The zero-order chi connectivity index (χ0) is 15.1. The van der Waals surface area contributed by atoms with E-state index < -0.39 is 23.8 Å². The van der Waals surface area contributed by atoms with E-state index in [0.717, 1.165) is 0 Å². The fourth-order valence-electron chi connectivity index (χ4n) is 1.55. The van der Waals surface area contributed by atoms with Gasteiger partial charge in [-0.2, -0.15) is 11.8 Å². The van der Waals surface area contributed by atoms with E-state index in [4.69, 9.17) is 10.8 Å². The molecule has 0 fully saturated rings. The summed E-state index contributed by atoms with van der Waals surface area (Å²) in [6.07, 6.45) is 2.19. The van der Waals surface area contributed by atoms with E-state index in [9.17, 15) is 14.4 Å². The van der Waals surface area contributed by atoms with Crippen molar-refractivity contribution in [2.45, 2.75) is 12.5 Å². The van der Waals surface area contributed by atoms with Crippen molar-refractivity contribution in [2.24, 2.45) is 5.73 Å². The standard InChI is InChI=1S/C13H16N2O4S/c1-20-6-5-10(13(18)19)15-12(17)9-4-2-3-8(7-9)11(14)16/h2-4,7,10H,5-6H2,1H3,(H2,14,16)(H,15,17)(H,18,19)/t10-/m1/s1. The Morgan fingerprint density at radius 1 is 1.35 bits per heavy atom. The predicted molar refractivity (Wildman–Crippen MR) is 76.8 cm³/mol. The van der Waals surface area contributed by atoms with E-state index in [0.29, 0.717) is 12.2 Å². The van der Waals surface area contributed by atoms with Crippen molar-refractivity contribution in [1.82, 2.24) is 5.32 Å². The number of nitrogens with one attached hydrogen (secondary N) is 1. The van der Waals surface area contributed by atoms with Crippen LogP contribution in [0.5, 0.6) is 0 Å². The van der Waals surface area contributed by atoms with Crippen molar-refractivity contribution < 1.29 is 19.5 Å². The molecule has 0 unspecified atom stereocenters. The second-order valence-electron chi connectivity index (χ2n) is 4.09. The normalized spacial score (nSPS) is 11.7. The second-order valence-corrected chi connectivity index (χ2v) is 5.08. The highest BCUT2D eigenvalue weighted by molar-refractivity contribution is 7.98. The Balaban J connectivity index is 2.80. The molecule has 2 amide bonds. The zero-order valence-electron chi connectivity index (χ0n) is 11.0. The number of aliphatic carboxylic acids is 1. The molecule has 0 aliphatic heterocycles. The third-order valence-electron chi connectivity index (χ3n) is 2.62. The Hall–Kier alpha value is -2.02. The molecule has 0 bridgehead atoms. The summed E-state index contributed by atoms with van der Waals surface area (Å²) in [5, 5.41) is 11.5. The van der Waals surface area contributed by atoms with Crippen LogP contribution in [0.4, 0.5) is 0 Å². The van der Waals surface area contributed by atoms with Gasteiger partial charge in [0, 0.05) is 11.1 Å². The molecular weight excluding hydrogens is 280 g/mol. The van der Waals surface area contributed by atoms with Gasteiger partial charge < -0.3 is 16.2 Å². The number of carboxylic acid groups (broad SMARTS) is 1. The Labute approximate surface area is 120 Å². The predicted octanol–water partition coefficient (Wildman–Crippen LogP) is 0.722. The van der Waals surface area contributed by atoms with E-state index in [1.807, 2.05) is 6.26 Å². The smallest absolute Gasteiger partial charge is 0.326 e. The van der Waals surface area contributed by atoms with Gasteiger partial charge >= 0.3 is 5.97 Å². The third-order valence-corrected chi connectivity index (χ3v) is 3.27. The molecule has 0 saturated carbocycles. The average molecular weight is 296 g/mol. The molecule has 4 N–H and O–H groups in total. The van der Waals surface area contributed by atoms with Crippen LogP contribution in [0, 0.1) is 0 Å². The highest BCUT2D eigenvalue weighted by atomic mass is 32.2. The number of rotatable bonds is 7. The van der Waals surface area contributed by atoms with Crippen LogP contribution < -0.4 is 11.1 Å². The van der Waals surface area contributed by atoms with Crippen molar-refractivity contribution in [3.63, 3.8) is 0 Å². The summed E-state index contributed by atoms with van der Waals surface area (Å²) in [4.78, 5) is 34.1. The Bertz CT molecular complexity index is 519. The van der Waals surface area contributed by atoms with Gasteiger partial charge in [0.1, 0.15) is 6.04 Å². The van der Waals surface area contributed by atoms with Crippen LogP contribution in [-0.2, 0) is 4.79 Å². The first kappa shape index (κ1) is 16.0. The van der Waals surface area contributed by atoms with Crippen molar-refractivity contribution >= 4 is 29.5 Å². The molecular formula is C13H16N2O4S. The summed E-state index contributed by atoms with van der Waals surface area (Å²) in [7, 11) is 0. The van der Waals surface area contributed by atoms with Gasteiger partial charge in [0.05, 0.1) is 0 Å². The first-order chi connectivity index (χ1) is 9.45. The van der Waals surface area contributed by atoms with Gasteiger partial charge in [-0.15, -0.1) is 0 Å². The number of hydrogen-bond donors (Lipinski definition) is 3. The van der Waals surface area contributed by atoms with Gasteiger partial charge in [0.25, 0.3) is 5.91 Å². The SMILES string of the molecule is CSCC[C@@H](NC(=O)c1cccc(C(N)=O)c1)C(=O)O. The van der Waals surface area contributed by atoms with Crippen LogP contribution in [0.15, 0.2) is 24.3 Å². The molecule has 1 aromatic carbocycles. The van der Waals surface area contributed by atoms with Crippen molar-refractivity contribution in [1.29, 1.82) is 0 Å². The number of amides is 2. The summed E-state index contributed by atoms with van der Waals surface area (Å²) < 4.78 is 0. The fraction of sp³-hybridized carbons (Fsp3) is 0.308. The molecule has 7 heteroatoms. The number of nitrogens with two attached hydrogens (primary N) is 1. The summed E-state index contributed by atoms with van der Waals surface area (Å²) >= 11 is 1.50. The molecule has 20 heavy (non-hydrogen) atoms. The van der Waals surface area contributed by atoms with Crippen LogP contribution in [0.3, 0.4) is 0 Å². The lowest BCUT2D eigenvalue weighted by Crippen LogP contribution is -2.41. The van der Waals surface area contributed by atoms with Crippen LogP contribution in [0.25, 0.3) is 0 Å². The van der Waals surface area contributed by atoms with Gasteiger partial charge in [-0.05, 0) is 36.6 Å². The number of carbonyl (C=O) groups is 3. The molecule has 6 nitrogen and oxygen atoms in total. The van der Waals surface area contributed by atoms with Crippen LogP contribution in [0.2, 0.25) is 0 Å². The first-order valence-corrected chi connectivity index (χ1v) is 7.27. The van der Waals surface area contributed by atoms with Crippen molar-refractivity contribution in [3.05, 3.63) is 35.4 Å². The van der Waals surface area contributed by atoms with E-state index in [1.165, 1.54) is 36.0 Å². The zero-order valence-corrected chi connectivity index (χ0v) is 11.8. The topological polar surface area (TPSA) is 109 Å². The number of carboxylic acids is 1. The minimum absolute atomic E-state index is 0.202. The molecule has 1 rings (SSSR count). The summed E-state index contributed by atoms with van der Waals surface area (Å²) in [5.74, 6) is -1.64. The molecule has 0 aliphatic carbocycles. The molecule has 1 atom stereocenters. The molecule has 1 aromatic rings.